The first-order valence-electron chi connectivity index (χ1n) is 9.12. The molecule has 0 bridgehead atoms. The van der Waals surface area contributed by atoms with E-state index in [0.29, 0.717) is 13.1 Å². The van der Waals surface area contributed by atoms with Crippen molar-refractivity contribution in [1.29, 1.82) is 0 Å². The molecule has 27 heavy (non-hydrogen) atoms. The zero-order chi connectivity index (χ0) is 19.6. The van der Waals surface area contributed by atoms with Gasteiger partial charge in [-0.05, 0) is 26.9 Å². The second kappa shape index (κ2) is 7.91. The Morgan fingerprint density at radius 3 is 2.89 bits per heavy atom. The Hall–Kier alpha value is -2.68. The van der Waals surface area contributed by atoms with E-state index in [1.807, 2.05) is 20.3 Å². The van der Waals surface area contributed by atoms with Gasteiger partial charge in [0.15, 0.2) is 0 Å². The van der Waals surface area contributed by atoms with Gasteiger partial charge in [0.05, 0.1) is 0 Å². The van der Waals surface area contributed by atoms with Crippen LogP contribution in [0.4, 0.5) is 0 Å². The Bertz CT molecular complexity index is 926. The Morgan fingerprint density at radius 2 is 2.15 bits per heavy atom. The largest absolute Gasteiger partial charge is 0.338 e. The molecular weight excluding hydrogens is 348 g/mol. The Kier molecular flexibility index (Phi) is 5.59. The maximum atomic E-state index is 12.9. The van der Waals surface area contributed by atoms with Gasteiger partial charge in [0.2, 0.25) is 0 Å². The lowest BCUT2D eigenvalue weighted by Crippen LogP contribution is -2.43. The lowest BCUT2D eigenvalue weighted by molar-refractivity contribution is 0.0700. The van der Waals surface area contributed by atoms with Gasteiger partial charge in [-0.15, -0.1) is 0 Å². The van der Waals surface area contributed by atoms with E-state index in [0.717, 1.165) is 31.8 Å². The third-order valence-corrected chi connectivity index (χ3v) is 4.95. The van der Waals surface area contributed by atoms with E-state index in [2.05, 4.69) is 19.4 Å². The normalized spacial score (nSPS) is 17.5. The van der Waals surface area contributed by atoms with Crippen molar-refractivity contribution in [2.75, 3.05) is 33.7 Å². The fourth-order valence-electron chi connectivity index (χ4n) is 3.44. The van der Waals surface area contributed by atoms with Crippen LogP contribution in [-0.4, -0.2) is 68.5 Å². The number of nitrogens with one attached hydrogen (secondary N) is 1. The highest BCUT2D eigenvalue weighted by molar-refractivity contribution is 5.93. The maximum Gasteiger partial charge on any atom is 0.328 e. The Labute approximate surface area is 157 Å². The summed E-state index contributed by atoms with van der Waals surface area (Å²) in [6.07, 6.45) is 6.87. The predicted octanol–water partition coefficient (Wildman–Crippen LogP) is -0.148. The fourth-order valence-corrected chi connectivity index (χ4v) is 3.44. The van der Waals surface area contributed by atoms with Crippen LogP contribution in [0.5, 0.6) is 0 Å². The first-order chi connectivity index (χ1) is 12.9. The molecule has 1 atom stereocenters. The number of carbonyl (C=O) groups excluding carboxylic acids is 1. The zero-order valence-corrected chi connectivity index (χ0v) is 16.0. The van der Waals surface area contributed by atoms with E-state index in [1.165, 1.54) is 17.8 Å². The summed E-state index contributed by atoms with van der Waals surface area (Å²) in [6.45, 7) is 2.86. The van der Waals surface area contributed by atoms with Crippen molar-refractivity contribution in [3.05, 3.63) is 50.8 Å². The van der Waals surface area contributed by atoms with Gasteiger partial charge in [-0.25, -0.2) is 9.78 Å². The number of rotatable bonds is 5. The average Bonchev–Trinajstić information content (AvgIpc) is 3.11. The average molecular weight is 374 g/mol. The Morgan fingerprint density at radius 1 is 1.37 bits per heavy atom. The monoisotopic (exact) mass is 374 g/mol. The minimum Gasteiger partial charge on any atom is -0.338 e. The second-order valence-corrected chi connectivity index (χ2v) is 7.29. The fraction of sp³-hybridized carbons (Fsp3) is 0.556. The number of hydrogen-bond donors (Lipinski definition) is 1. The number of amides is 1. The molecule has 0 aliphatic carbocycles. The van der Waals surface area contributed by atoms with Crippen LogP contribution in [0, 0.1) is 0 Å². The van der Waals surface area contributed by atoms with Gasteiger partial charge in [0.1, 0.15) is 11.4 Å². The van der Waals surface area contributed by atoms with Crippen LogP contribution in [0.1, 0.15) is 34.9 Å². The molecule has 0 spiro atoms. The van der Waals surface area contributed by atoms with E-state index in [-0.39, 0.29) is 17.4 Å². The van der Waals surface area contributed by atoms with Crippen LogP contribution >= 0.6 is 0 Å². The molecule has 0 aromatic carbocycles. The summed E-state index contributed by atoms with van der Waals surface area (Å²) >= 11 is 0. The molecule has 1 aliphatic rings. The summed E-state index contributed by atoms with van der Waals surface area (Å²) < 4.78 is 3.35. The van der Waals surface area contributed by atoms with Crippen LogP contribution in [0.25, 0.3) is 0 Å². The van der Waals surface area contributed by atoms with Crippen molar-refractivity contribution < 1.29 is 4.79 Å². The summed E-state index contributed by atoms with van der Waals surface area (Å²) in [5.74, 6) is 0.762. The molecule has 1 saturated heterocycles. The number of hydrogen-bond acceptors (Lipinski definition) is 5. The van der Waals surface area contributed by atoms with Gasteiger partial charge in [-0.2, -0.15) is 0 Å². The van der Waals surface area contributed by atoms with E-state index < -0.39 is 11.2 Å². The van der Waals surface area contributed by atoms with E-state index in [9.17, 15) is 14.4 Å². The number of likely N-dealkylation sites (tertiary alicyclic amines) is 1. The van der Waals surface area contributed by atoms with E-state index in [4.69, 9.17) is 0 Å². The molecule has 3 rings (SSSR count). The summed E-state index contributed by atoms with van der Waals surface area (Å²) in [5.41, 5.74) is -1.18. The van der Waals surface area contributed by atoms with Crippen LogP contribution in [-0.2, 0) is 13.6 Å². The van der Waals surface area contributed by atoms with Crippen molar-refractivity contribution in [2.24, 2.45) is 7.05 Å². The molecule has 1 amide bonds. The SMILES string of the molecule is CN(C)CCn1ccnc1C1CCCN(C(=O)c2cn(C)c(=O)[nH]c2=O)C1. The number of imidazole rings is 1. The van der Waals surface area contributed by atoms with Crippen molar-refractivity contribution >= 4 is 5.91 Å². The molecule has 9 heteroatoms. The Balaban J connectivity index is 1.78. The van der Waals surface area contributed by atoms with Crippen LogP contribution < -0.4 is 11.2 Å². The number of nitrogens with zero attached hydrogens (tertiary/aromatic N) is 5. The number of aryl methyl sites for hydroxylation is 1. The molecule has 3 heterocycles. The number of aromatic nitrogens is 4. The van der Waals surface area contributed by atoms with Gasteiger partial charge in [-0.1, -0.05) is 0 Å². The molecule has 1 unspecified atom stereocenters. The molecule has 1 fully saturated rings. The minimum absolute atomic E-state index is 0.00583. The van der Waals surface area contributed by atoms with Gasteiger partial charge in [0, 0.05) is 57.7 Å². The first-order valence-corrected chi connectivity index (χ1v) is 9.12. The van der Waals surface area contributed by atoms with Gasteiger partial charge in [-0.3, -0.25) is 14.6 Å². The minimum atomic E-state index is -0.641. The number of H-pyrrole nitrogens is 1. The van der Waals surface area contributed by atoms with Crippen molar-refractivity contribution in [3.63, 3.8) is 0 Å². The van der Waals surface area contributed by atoms with Crippen molar-refractivity contribution in [2.45, 2.75) is 25.3 Å². The standard InChI is InChI=1S/C18H26N6O3/c1-21(2)9-10-23-8-6-19-15(23)13-5-4-7-24(11-13)17(26)14-12-22(3)18(27)20-16(14)25/h6,8,12-13H,4-5,7,9-11H2,1-3H3,(H,20,25,27). The molecule has 9 nitrogen and oxygen atoms in total. The number of piperidine rings is 1. The number of likely N-dealkylation sites (N-methyl/N-ethyl adjacent to an activating group) is 1. The zero-order valence-electron chi connectivity index (χ0n) is 16.0. The number of aromatic amines is 1. The quantitative estimate of drug-likeness (QED) is 0.785. The molecular formula is C18H26N6O3. The third-order valence-electron chi connectivity index (χ3n) is 4.95. The summed E-state index contributed by atoms with van der Waals surface area (Å²) in [4.78, 5) is 46.9. The van der Waals surface area contributed by atoms with Crippen LogP contribution in [0.15, 0.2) is 28.2 Å². The third kappa shape index (κ3) is 4.19. The summed E-state index contributed by atoms with van der Waals surface area (Å²) in [6, 6.07) is 0. The lowest BCUT2D eigenvalue weighted by atomic mass is 9.96. The predicted molar refractivity (Wildman–Crippen MR) is 101 cm³/mol. The van der Waals surface area contributed by atoms with E-state index in [1.54, 1.807) is 11.1 Å². The molecule has 146 valence electrons. The highest BCUT2D eigenvalue weighted by Gasteiger charge is 2.29. The molecule has 1 aliphatic heterocycles. The van der Waals surface area contributed by atoms with Gasteiger partial charge >= 0.3 is 5.69 Å². The van der Waals surface area contributed by atoms with Crippen LogP contribution in [0.3, 0.4) is 0 Å². The molecule has 1 N–H and O–H groups in total. The van der Waals surface area contributed by atoms with Gasteiger partial charge < -0.3 is 18.9 Å². The summed E-state index contributed by atoms with van der Waals surface area (Å²) in [7, 11) is 5.57. The van der Waals surface area contributed by atoms with Gasteiger partial charge in [0.25, 0.3) is 11.5 Å². The topological polar surface area (TPSA) is 96.2 Å². The van der Waals surface area contributed by atoms with Crippen molar-refractivity contribution in [1.82, 2.24) is 28.9 Å². The van der Waals surface area contributed by atoms with E-state index >= 15 is 0 Å². The highest BCUT2D eigenvalue weighted by atomic mass is 16.2. The molecule has 2 aromatic heterocycles. The number of carbonyl (C=O) groups is 1. The highest BCUT2D eigenvalue weighted by Crippen LogP contribution is 2.26. The smallest absolute Gasteiger partial charge is 0.328 e. The van der Waals surface area contributed by atoms with Crippen molar-refractivity contribution in [3.8, 4) is 0 Å². The molecule has 2 aromatic rings. The molecule has 0 radical (unpaired) electrons. The van der Waals surface area contributed by atoms with Crippen LogP contribution in [0.2, 0.25) is 0 Å². The maximum absolute atomic E-state index is 12.9. The lowest BCUT2D eigenvalue weighted by Gasteiger charge is -2.32. The summed E-state index contributed by atoms with van der Waals surface area (Å²) in [5, 5.41) is 0. The second-order valence-electron chi connectivity index (χ2n) is 7.29. The molecule has 0 saturated carbocycles. The first kappa shape index (κ1) is 19.1.